The van der Waals surface area contributed by atoms with Crippen molar-refractivity contribution in [2.45, 2.75) is 155 Å². The average Bonchev–Trinajstić information content (AvgIpc) is 3.91. The predicted octanol–water partition coefficient (Wildman–Crippen LogP) is 13.2. The number of carbonyl (C=O) groups is 2. The van der Waals surface area contributed by atoms with Gasteiger partial charge in [-0.25, -0.2) is 15.0 Å². The molecule has 2 N–H and O–H groups in total. The number of fused-ring (bicyclic) bond motifs is 2. The number of hydrogen-bond donors (Lipinski definition) is 2. The van der Waals surface area contributed by atoms with Crippen molar-refractivity contribution in [2.75, 3.05) is 10.6 Å². The molecule has 0 saturated heterocycles. The number of nitrogens with zero attached hydrogens (tertiary/aromatic N) is 3. The molecule has 9 nitrogen and oxygen atoms in total. The molecule has 5 aromatic rings. The van der Waals surface area contributed by atoms with Crippen LogP contribution in [0.5, 0.6) is 0 Å². The second-order valence-corrected chi connectivity index (χ2v) is 15.6. The molecule has 3 heterocycles. The molecule has 0 spiro atoms. The molecular weight excluding hydrogens is 771 g/mol. The fourth-order valence-corrected chi connectivity index (χ4v) is 6.72. The summed E-state index contributed by atoms with van der Waals surface area (Å²) in [6.45, 7) is 4.33. The van der Waals surface area contributed by atoms with E-state index in [-0.39, 0.29) is 11.8 Å². The van der Waals surface area contributed by atoms with Crippen molar-refractivity contribution in [1.82, 2.24) is 15.0 Å². The standard InChI is InChI=1S/C53H61N5O4/c1-3-5-7-9-11-13-15-17-19-21-23-25-27-29-34-50(59)54-42-36-38-48-46(40-42)57-52(61-48)44-32-31-33-45(56-44)53-58-47-41-43(37-39-49(47)62-53)55-51(60)35-30-28-26-24-22-20-18-16-14-12-10-8-6-4-2/h31-33,36-41H,3-8,17-30,34-35H2,1-2H3,(H,54,59)(H,55,60). The van der Waals surface area contributed by atoms with E-state index >= 15 is 0 Å². The number of unbranched alkanes of at least 4 members (excludes halogenated alkanes) is 16. The van der Waals surface area contributed by atoms with Gasteiger partial charge in [0, 0.05) is 49.9 Å². The molecule has 0 saturated carbocycles. The monoisotopic (exact) mass is 831 g/mol. The summed E-state index contributed by atoms with van der Waals surface area (Å²) in [5.41, 5.74) is 4.79. The second-order valence-electron chi connectivity index (χ2n) is 15.6. The molecule has 2 amide bonds. The third kappa shape index (κ3) is 17.0. The Morgan fingerprint density at radius 2 is 0.871 bits per heavy atom. The molecule has 0 radical (unpaired) electrons. The van der Waals surface area contributed by atoms with Crippen molar-refractivity contribution in [3.63, 3.8) is 0 Å². The van der Waals surface area contributed by atoms with E-state index in [0.29, 0.717) is 69.6 Å². The van der Waals surface area contributed by atoms with E-state index < -0.39 is 0 Å². The van der Waals surface area contributed by atoms with Crippen LogP contribution >= 0.6 is 0 Å². The van der Waals surface area contributed by atoms with Crippen LogP contribution in [0.4, 0.5) is 11.4 Å². The van der Waals surface area contributed by atoms with Crippen LogP contribution in [0.3, 0.4) is 0 Å². The number of rotatable bonds is 24. The summed E-state index contributed by atoms with van der Waals surface area (Å²) >= 11 is 0. The second kappa shape index (κ2) is 27.5. The number of benzene rings is 2. The minimum absolute atomic E-state index is 0.0138. The lowest BCUT2D eigenvalue weighted by Crippen LogP contribution is -2.10. The fraction of sp³-hybridized carbons (Fsp3) is 0.453. The average molecular weight is 832 g/mol. The number of carbonyl (C=O) groups excluding carboxylic acids is 2. The number of hydrogen-bond acceptors (Lipinski definition) is 7. The maximum Gasteiger partial charge on any atom is 0.246 e. The fourth-order valence-electron chi connectivity index (χ4n) is 6.72. The number of nitrogens with one attached hydrogen (secondary N) is 2. The highest BCUT2D eigenvalue weighted by molar-refractivity contribution is 5.94. The zero-order valence-electron chi connectivity index (χ0n) is 36.7. The van der Waals surface area contributed by atoms with Gasteiger partial charge < -0.3 is 19.5 Å². The van der Waals surface area contributed by atoms with Crippen LogP contribution < -0.4 is 10.6 Å². The molecule has 0 unspecified atom stereocenters. The molecule has 9 heteroatoms. The summed E-state index contributed by atoms with van der Waals surface area (Å²) in [5, 5.41) is 6.01. The topological polar surface area (TPSA) is 123 Å². The van der Waals surface area contributed by atoms with Gasteiger partial charge in [0.2, 0.25) is 23.6 Å². The van der Waals surface area contributed by atoms with Gasteiger partial charge in [-0.1, -0.05) is 108 Å². The molecule has 0 atom stereocenters. The highest BCUT2D eigenvalue weighted by Gasteiger charge is 2.16. The van der Waals surface area contributed by atoms with Crippen molar-refractivity contribution in [1.29, 1.82) is 0 Å². The third-order valence-corrected chi connectivity index (χ3v) is 10.2. The zero-order valence-corrected chi connectivity index (χ0v) is 36.7. The molecule has 2 aromatic carbocycles. The number of anilines is 2. The third-order valence-electron chi connectivity index (χ3n) is 10.2. The van der Waals surface area contributed by atoms with E-state index in [9.17, 15) is 9.59 Å². The molecule has 0 aliphatic heterocycles. The van der Waals surface area contributed by atoms with Gasteiger partial charge in [-0.2, -0.15) is 0 Å². The van der Waals surface area contributed by atoms with E-state index in [4.69, 9.17) is 13.8 Å². The van der Waals surface area contributed by atoms with Gasteiger partial charge in [0.05, 0.1) is 0 Å². The number of aromatic nitrogens is 3. The summed E-state index contributed by atoms with van der Waals surface area (Å²) in [6.07, 6.45) is 22.0. The Morgan fingerprint density at radius 3 is 1.29 bits per heavy atom. The van der Waals surface area contributed by atoms with Crippen molar-refractivity contribution >= 4 is 45.4 Å². The molecule has 0 aliphatic carbocycles. The van der Waals surface area contributed by atoms with Crippen molar-refractivity contribution < 1.29 is 18.4 Å². The van der Waals surface area contributed by atoms with Crippen LogP contribution in [-0.4, -0.2) is 26.8 Å². The number of amides is 2. The van der Waals surface area contributed by atoms with Crippen LogP contribution in [0, 0.1) is 47.4 Å². The summed E-state index contributed by atoms with van der Waals surface area (Å²) in [4.78, 5) is 39.5. The molecule has 5 rings (SSSR count). The van der Waals surface area contributed by atoms with E-state index in [1.54, 1.807) is 12.1 Å². The van der Waals surface area contributed by atoms with E-state index in [1.807, 2.05) is 42.5 Å². The predicted molar refractivity (Wildman–Crippen MR) is 252 cm³/mol. The minimum atomic E-state index is -0.0138. The van der Waals surface area contributed by atoms with Gasteiger partial charge in [-0.3, -0.25) is 9.59 Å². The maximum absolute atomic E-state index is 12.7. The van der Waals surface area contributed by atoms with Crippen molar-refractivity contribution in [3.05, 3.63) is 54.6 Å². The van der Waals surface area contributed by atoms with Crippen LogP contribution in [0.15, 0.2) is 63.4 Å². The SMILES string of the molecule is CCCCC#CC#CCCCCCCCCC(=O)Nc1ccc2oc(-c3cccc(-c4nc5cc(NC(=O)CCCCCCCCC#CC#CCCCC)ccc5o4)n3)nc2c1. The highest BCUT2D eigenvalue weighted by Crippen LogP contribution is 2.29. The van der Waals surface area contributed by atoms with Gasteiger partial charge in [-0.15, -0.1) is 0 Å². The van der Waals surface area contributed by atoms with Gasteiger partial charge in [0.15, 0.2) is 11.2 Å². The summed E-state index contributed by atoms with van der Waals surface area (Å²) in [6, 6.07) is 16.4. The first-order valence-corrected chi connectivity index (χ1v) is 22.8. The van der Waals surface area contributed by atoms with Gasteiger partial charge in [-0.05, 0) is 111 Å². The molecular formula is C53H61N5O4. The first-order valence-electron chi connectivity index (χ1n) is 22.8. The normalized spacial score (nSPS) is 10.5. The Bertz CT molecular complexity index is 2280. The Labute approximate surface area is 368 Å². The van der Waals surface area contributed by atoms with Crippen molar-refractivity contribution in [3.8, 4) is 70.5 Å². The Kier molecular flexibility index (Phi) is 20.8. The lowest BCUT2D eigenvalue weighted by molar-refractivity contribution is -0.117. The Hall–Kier alpha value is -6.29. The molecule has 0 fully saturated rings. The highest BCUT2D eigenvalue weighted by atomic mass is 16.4. The van der Waals surface area contributed by atoms with Crippen molar-refractivity contribution in [2.24, 2.45) is 0 Å². The first kappa shape index (κ1) is 46.8. The Morgan fingerprint density at radius 1 is 0.484 bits per heavy atom. The van der Waals surface area contributed by atoms with E-state index in [2.05, 4.69) is 81.8 Å². The quantitative estimate of drug-likeness (QED) is 0.0469. The van der Waals surface area contributed by atoms with Crippen LogP contribution in [0.25, 0.3) is 45.4 Å². The molecule has 0 bridgehead atoms. The molecule has 322 valence electrons. The number of oxazole rings is 2. The van der Waals surface area contributed by atoms with Crippen LogP contribution in [0.1, 0.15) is 155 Å². The first-order chi connectivity index (χ1) is 30.5. The van der Waals surface area contributed by atoms with E-state index in [0.717, 1.165) is 116 Å². The lowest BCUT2D eigenvalue weighted by Gasteiger charge is -2.05. The number of pyridine rings is 1. The van der Waals surface area contributed by atoms with Gasteiger partial charge in [0.1, 0.15) is 22.4 Å². The maximum atomic E-state index is 12.7. The smallest absolute Gasteiger partial charge is 0.246 e. The van der Waals surface area contributed by atoms with Gasteiger partial charge >= 0.3 is 0 Å². The minimum Gasteiger partial charge on any atom is -0.435 e. The summed E-state index contributed by atoms with van der Waals surface area (Å²) in [5.74, 6) is 24.9. The zero-order chi connectivity index (χ0) is 43.5. The summed E-state index contributed by atoms with van der Waals surface area (Å²) < 4.78 is 12.1. The lowest BCUT2D eigenvalue weighted by atomic mass is 10.1. The molecule has 0 aliphatic rings. The molecule has 62 heavy (non-hydrogen) atoms. The van der Waals surface area contributed by atoms with E-state index in [1.165, 1.54) is 12.8 Å². The molecule has 3 aromatic heterocycles. The largest absolute Gasteiger partial charge is 0.435 e. The van der Waals surface area contributed by atoms with Gasteiger partial charge in [0.25, 0.3) is 0 Å². The van der Waals surface area contributed by atoms with Crippen LogP contribution in [-0.2, 0) is 9.59 Å². The summed E-state index contributed by atoms with van der Waals surface area (Å²) in [7, 11) is 0. The van der Waals surface area contributed by atoms with Crippen LogP contribution in [0.2, 0.25) is 0 Å². The Balaban J connectivity index is 1.01.